The number of esters is 1. The van der Waals surface area contributed by atoms with Crippen LogP contribution in [-0.2, 0) is 0 Å². The van der Waals surface area contributed by atoms with Crippen molar-refractivity contribution >= 4 is 5.97 Å². The number of hydrogen-bond donors (Lipinski definition) is 1. The second-order valence-electron chi connectivity index (χ2n) is 9.17. The van der Waals surface area contributed by atoms with Gasteiger partial charge in [0, 0.05) is 11.6 Å². The zero-order valence-electron chi connectivity index (χ0n) is 20.3. The lowest BCUT2D eigenvalue weighted by Gasteiger charge is -2.30. The molecule has 7 heteroatoms. The number of halogens is 3. The van der Waals surface area contributed by atoms with Gasteiger partial charge in [-0.2, -0.15) is 0 Å². The second-order valence-corrected chi connectivity index (χ2v) is 9.17. The van der Waals surface area contributed by atoms with Gasteiger partial charge in [-0.05, 0) is 86.8 Å². The Morgan fingerprint density at radius 3 is 2.28 bits per heavy atom. The lowest BCUT2D eigenvalue weighted by atomic mass is 9.76. The Kier molecular flexibility index (Phi) is 7.99. The average Bonchev–Trinajstić information content (AvgIpc) is 2.87. The number of aliphatic hydroxyl groups is 1. The number of aliphatic hydroxyl groups excluding tert-OH is 1. The normalized spacial score (nSPS) is 18.5. The Balaban J connectivity index is 1.47. The van der Waals surface area contributed by atoms with Gasteiger partial charge in [0.25, 0.3) is 0 Å². The summed E-state index contributed by atoms with van der Waals surface area (Å²) >= 11 is 0. The van der Waals surface area contributed by atoms with Crippen LogP contribution in [0, 0.1) is 23.4 Å². The Morgan fingerprint density at radius 2 is 1.67 bits per heavy atom. The Hall–Kier alpha value is -3.32. The molecule has 36 heavy (non-hydrogen) atoms. The average molecular weight is 499 g/mol. The summed E-state index contributed by atoms with van der Waals surface area (Å²) in [7, 11) is 0. The zero-order chi connectivity index (χ0) is 25.8. The molecule has 0 aliphatic heterocycles. The van der Waals surface area contributed by atoms with Crippen molar-refractivity contribution in [1.82, 2.24) is 0 Å². The van der Waals surface area contributed by atoms with Crippen LogP contribution in [0.2, 0.25) is 0 Å². The highest BCUT2D eigenvalue weighted by Crippen LogP contribution is 2.39. The highest BCUT2D eigenvalue weighted by Gasteiger charge is 2.28. The molecule has 0 amide bonds. The molecule has 0 saturated heterocycles. The molecule has 190 valence electrons. The summed E-state index contributed by atoms with van der Waals surface area (Å²) < 4.78 is 54.6. The lowest BCUT2D eigenvalue weighted by Crippen LogP contribution is -2.23. The predicted octanol–water partition coefficient (Wildman–Crippen LogP) is 7.04. The maximum Gasteiger partial charge on any atom is 0.343 e. The highest BCUT2D eigenvalue weighted by atomic mass is 19.2. The van der Waals surface area contributed by atoms with E-state index in [1.54, 1.807) is 26.0 Å². The number of carbonyl (C=O) groups excluding carboxylic acids is 1. The molecule has 1 N–H and O–H groups in total. The van der Waals surface area contributed by atoms with Crippen molar-refractivity contribution in [1.29, 1.82) is 0 Å². The summed E-state index contributed by atoms with van der Waals surface area (Å²) in [6, 6.07) is 13.0. The number of hydrogen-bond acceptors (Lipinski definition) is 4. The van der Waals surface area contributed by atoms with Crippen LogP contribution in [0.1, 0.15) is 61.4 Å². The van der Waals surface area contributed by atoms with Gasteiger partial charge in [0.2, 0.25) is 0 Å². The molecule has 3 aromatic rings. The van der Waals surface area contributed by atoms with Crippen molar-refractivity contribution in [3.63, 3.8) is 0 Å². The maximum atomic E-state index is 15.0. The molecular weight excluding hydrogens is 469 g/mol. The topological polar surface area (TPSA) is 55.8 Å². The van der Waals surface area contributed by atoms with Gasteiger partial charge in [-0.1, -0.05) is 24.3 Å². The molecule has 1 fully saturated rings. The second kappa shape index (κ2) is 11.2. The van der Waals surface area contributed by atoms with Crippen LogP contribution in [-0.4, -0.2) is 23.8 Å². The highest BCUT2D eigenvalue weighted by molar-refractivity contribution is 5.91. The Bertz CT molecular complexity index is 1220. The molecule has 0 radical (unpaired) electrons. The fourth-order valence-corrected chi connectivity index (χ4v) is 4.78. The molecule has 1 saturated carbocycles. The van der Waals surface area contributed by atoms with E-state index < -0.39 is 29.5 Å². The fourth-order valence-electron chi connectivity index (χ4n) is 4.78. The van der Waals surface area contributed by atoms with Gasteiger partial charge < -0.3 is 14.6 Å². The standard InChI is InChI=1S/C29H29F3O4/c1-3-35-22-12-15-26(25(30)16-22)36-29(34)21-10-8-20(9-11-21)24-14-13-23(27(31)28(24)32)19-6-4-18(5-7-19)17(2)33/h8-19,33H,3-7H2,1-2H3. The molecule has 0 spiro atoms. The van der Waals surface area contributed by atoms with Crippen LogP contribution >= 0.6 is 0 Å². The van der Waals surface area contributed by atoms with E-state index in [1.807, 2.05) is 0 Å². The van der Waals surface area contributed by atoms with E-state index in [0.717, 1.165) is 18.9 Å². The summed E-state index contributed by atoms with van der Waals surface area (Å²) in [5, 5.41) is 9.78. The first-order valence-electron chi connectivity index (χ1n) is 12.2. The molecule has 0 aromatic heterocycles. The summed E-state index contributed by atoms with van der Waals surface area (Å²) in [6.07, 6.45) is 2.58. The first kappa shape index (κ1) is 25.8. The quantitative estimate of drug-likeness (QED) is 0.280. The van der Waals surface area contributed by atoms with Gasteiger partial charge in [0.1, 0.15) is 5.75 Å². The van der Waals surface area contributed by atoms with Crippen molar-refractivity contribution in [3.8, 4) is 22.6 Å². The molecular formula is C29H29F3O4. The Labute approximate surface area is 208 Å². The third-order valence-electron chi connectivity index (χ3n) is 6.85. The molecule has 1 aliphatic carbocycles. The lowest BCUT2D eigenvalue weighted by molar-refractivity contribution is 0.0727. The minimum atomic E-state index is -0.933. The monoisotopic (exact) mass is 498 g/mol. The number of rotatable bonds is 7. The number of carbonyl (C=O) groups is 1. The molecule has 3 aromatic carbocycles. The van der Waals surface area contributed by atoms with Crippen molar-refractivity contribution in [2.45, 2.75) is 51.6 Å². The number of ether oxygens (including phenoxy) is 2. The van der Waals surface area contributed by atoms with E-state index in [0.29, 0.717) is 36.3 Å². The van der Waals surface area contributed by atoms with Crippen molar-refractivity contribution in [2.24, 2.45) is 5.92 Å². The van der Waals surface area contributed by atoms with E-state index in [1.165, 1.54) is 36.4 Å². The van der Waals surface area contributed by atoms with Crippen LogP contribution in [0.25, 0.3) is 11.1 Å². The summed E-state index contributed by atoms with van der Waals surface area (Å²) in [4.78, 5) is 12.5. The van der Waals surface area contributed by atoms with Gasteiger partial charge in [-0.25, -0.2) is 18.0 Å². The van der Waals surface area contributed by atoms with Crippen molar-refractivity contribution in [2.75, 3.05) is 6.61 Å². The van der Waals surface area contributed by atoms with Gasteiger partial charge in [0.15, 0.2) is 23.2 Å². The third kappa shape index (κ3) is 5.57. The molecule has 1 aliphatic rings. The van der Waals surface area contributed by atoms with Crippen LogP contribution in [0.3, 0.4) is 0 Å². The SMILES string of the molecule is CCOc1ccc(OC(=O)c2ccc(-c3ccc(C4CCC(C(C)O)CC4)c(F)c3F)cc2)c(F)c1. The predicted molar refractivity (Wildman–Crippen MR) is 131 cm³/mol. The summed E-state index contributed by atoms with van der Waals surface area (Å²) in [6.45, 7) is 3.92. The largest absolute Gasteiger partial charge is 0.494 e. The van der Waals surface area contributed by atoms with Crippen LogP contribution in [0.15, 0.2) is 54.6 Å². The van der Waals surface area contributed by atoms with Crippen molar-refractivity contribution in [3.05, 3.63) is 83.2 Å². The number of benzene rings is 3. The third-order valence-corrected chi connectivity index (χ3v) is 6.85. The molecule has 4 rings (SSSR count). The zero-order valence-corrected chi connectivity index (χ0v) is 20.3. The van der Waals surface area contributed by atoms with E-state index >= 15 is 8.78 Å². The summed E-state index contributed by atoms with van der Waals surface area (Å²) in [5.41, 5.74) is 0.989. The van der Waals surface area contributed by atoms with Gasteiger partial charge in [-0.3, -0.25) is 0 Å². The Morgan fingerprint density at radius 1 is 0.972 bits per heavy atom. The van der Waals surface area contributed by atoms with Gasteiger partial charge >= 0.3 is 5.97 Å². The smallest absolute Gasteiger partial charge is 0.343 e. The molecule has 0 bridgehead atoms. The first-order valence-corrected chi connectivity index (χ1v) is 12.2. The van der Waals surface area contributed by atoms with E-state index in [9.17, 15) is 14.3 Å². The van der Waals surface area contributed by atoms with Crippen LogP contribution in [0.5, 0.6) is 11.5 Å². The van der Waals surface area contributed by atoms with E-state index in [-0.39, 0.29) is 28.7 Å². The molecule has 1 unspecified atom stereocenters. The minimum Gasteiger partial charge on any atom is -0.494 e. The molecule has 4 nitrogen and oxygen atoms in total. The van der Waals surface area contributed by atoms with E-state index in [4.69, 9.17) is 9.47 Å². The fraction of sp³-hybridized carbons (Fsp3) is 0.345. The molecule has 0 heterocycles. The van der Waals surface area contributed by atoms with Crippen molar-refractivity contribution < 1.29 is 32.5 Å². The van der Waals surface area contributed by atoms with Gasteiger partial charge in [-0.15, -0.1) is 0 Å². The van der Waals surface area contributed by atoms with Crippen LogP contribution in [0.4, 0.5) is 13.2 Å². The maximum absolute atomic E-state index is 15.0. The summed E-state index contributed by atoms with van der Waals surface area (Å²) in [5.74, 6) is -3.10. The van der Waals surface area contributed by atoms with Crippen LogP contribution < -0.4 is 9.47 Å². The van der Waals surface area contributed by atoms with E-state index in [2.05, 4.69) is 0 Å². The first-order chi connectivity index (χ1) is 17.3. The van der Waals surface area contributed by atoms with Gasteiger partial charge in [0.05, 0.1) is 18.3 Å². The molecule has 1 atom stereocenters. The minimum absolute atomic E-state index is 0.0799.